The van der Waals surface area contributed by atoms with Gasteiger partial charge in [0, 0.05) is 25.8 Å². The van der Waals surface area contributed by atoms with Gasteiger partial charge in [-0.05, 0) is 27.2 Å². The van der Waals surface area contributed by atoms with E-state index in [1.54, 1.807) is 4.68 Å². The number of fused-ring (bicyclic) bond motifs is 1. The fraction of sp³-hybridized carbons (Fsp3) is 0.533. The van der Waals surface area contributed by atoms with Gasteiger partial charge in [0.1, 0.15) is 5.56 Å². The van der Waals surface area contributed by atoms with Crippen molar-refractivity contribution in [2.45, 2.75) is 39.7 Å². The highest BCUT2D eigenvalue weighted by Gasteiger charge is 2.29. The molecule has 2 aromatic rings. The number of hydrogen-bond donors (Lipinski definition) is 1. The zero-order chi connectivity index (χ0) is 15.9. The third-order valence-corrected chi connectivity index (χ3v) is 4.34. The molecule has 1 N–H and O–H groups in total. The molecule has 2 heterocycles. The Hall–Kier alpha value is -2.11. The lowest BCUT2D eigenvalue weighted by Gasteiger charge is -2.37. The highest BCUT2D eigenvalue weighted by molar-refractivity contribution is 6.05. The second-order valence-corrected chi connectivity index (χ2v) is 5.96. The number of anilines is 1. The Morgan fingerprint density at radius 2 is 2.10 bits per heavy atom. The fourth-order valence-corrected chi connectivity index (χ4v) is 2.44. The third-order valence-electron chi connectivity index (χ3n) is 4.34. The fourth-order valence-electron chi connectivity index (χ4n) is 2.44. The van der Waals surface area contributed by atoms with Crippen molar-refractivity contribution in [3.63, 3.8) is 0 Å². The summed E-state index contributed by atoms with van der Waals surface area (Å²) in [5.74, 6) is -0.971. The maximum absolute atomic E-state index is 11.6. The number of aryl methyl sites for hydroxylation is 2. The predicted molar refractivity (Wildman–Crippen MR) is 83.0 cm³/mol. The van der Waals surface area contributed by atoms with Gasteiger partial charge in [-0.15, -0.1) is 0 Å². The second-order valence-electron chi connectivity index (χ2n) is 5.96. The molecule has 0 saturated heterocycles. The van der Waals surface area contributed by atoms with Crippen LogP contribution in [-0.2, 0) is 7.05 Å². The van der Waals surface area contributed by atoms with Gasteiger partial charge in [-0.25, -0.2) is 9.78 Å². The molecule has 114 valence electrons. The second kappa shape index (κ2) is 5.02. The van der Waals surface area contributed by atoms with Gasteiger partial charge in [-0.1, -0.05) is 6.92 Å². The lowest BCUT2D eigenvalue weighted by molar-refractivity contribution is 0.0697. The van der Waals surface area contributed by atoms with Gasteiger partial charge >= 0.3 is 5.97 Å². The number of carboxylic acids is 1. The van der Waals surface area contributed by atoms with Crippen molar-refractivity contribution in [2.75, 3.05) is 11.9 Å². The summed E-state index contributed by atoms with van der Waals surface area (Å²) in [7, 11) is 3.74. The summed E-state index contributed by atoms with van der Waals surface area (Å²) in [5.41, 5.74) is 2.22. The molecule has 0 bridgehead atoms. The molecule has 0 aliphatic rings. The minimum atomic E-state index is -0.971. The normalized spacial score (nSPS) is 11.9. The summed E-state index contributed by atoms with van der Waals surface area (Å²) in [6.45, 7) is 8.16. The molecular weight excluding hydrogens is 268 g/mol. The first kappa shape index (κ1) is 15.3. The zero-order valence-electron chi connectivity index (χ0n) is 13.4. The summed E-state index contributed by atoms with van der Waals surface area (Å²) < 4.78 is 1.69. The highest BCUT2D eigenvalue weighted by atomic mass is 16.4. The first-order chi connectivity index (χ1) is 9.70. The van der Waals surface area contributed by atoms with Crippen LogP contribution in [0.2, 0.25) is 0 Å². The Bertz CT molecular complexity index is 703. The molecule has 0 amide bonds. The summed E-state index contributed by atoms with van der Waals surface area (Å²) in [6, 6.07) is 0. The van der Waals surface area contributed by atoms with E-state index >= 15 is 0 Å². The molecule has 0 radical (unpaired) electrons. The molecule has 0 aliphatic carbocycles. The zero-order valence-corrected chi connectivity index (χ0v) is 13.4. The van der Waals surface area contributed by atoms with Gasteiger partial charge in [-0.2, -0.15) is 5.10 Å². The van der Waals surface area contributed by atoms with E-state index in [1.165, 1.54) is 6.20 Å². The van der Waals surface area contributed by atoms with Gasteiger partial charge in [0.05, 0.1) is 16.8 Å². The van der Waals surface area contributed by atoms with Gasteiger partial charge in [-0.3, -0.25) is 4.68 Å². The average molecular weight is 290 g/mol. The van der Waals surface area contributed by atoms with E-state index in [-0.39, 0.29) is 11.1 Å². The Kier molecular flexibility index (Phi) is 3.65. The van der Waals surface area contributed by atoms with Crippen LogP contribution in [0, 0.1) is 6.92 Å². The smallest absolute Gasteiger partial charge is 0.339 e. The monoisotopic (exact) mass is 290 g/mol. The lowest BCUT2D eigenvalue weighted by atomic mass is 9.97. The Morgan fingerprint density at radius 3 is 2.62 bits per heavy atom. The third kappa shape index (κ3) is 2.34. The van der Waals surface area contributed by atoms with E-state index in [4.69, 9.17) is 0 Å². The molecule has 6 nitrogen and oxygen atoms in total. The van der Waals surface area contributed by atoms with Crippen molar-refractivity contribution in [1.82, 2.24) is 14.8 Å². The van der Waals surface area contributed by atoms with E-state index in [1.807, 2.05) is 25.9 Å². The van der Waals surface area contributed by atoms with Crippen LogP contribution < -0.4 is 4.90 Å². The number of hydrogen-bond acceptors (Lipinski definition) is 4. The van der Waals surface area contributed by atoms with Crippen molar-refractivity contribution >= 4 is 22.7 Å². The number of aromatic nitrogens is 3. The van der Waals surface area contributed by atoms with E-state index in [9.17, 15) is 9.90 Å². The number of pyridine rings is 1. The van der Waals surface area contributed by atoms with Crippen molar-refractivity contribution < 1.29 is 9.90 Å². The maximum atomic E-state index is 11.6. The number of carboxylic acid groups (broad SMARTS) is 1. The Morgan fingerprint density at radius 1 is 1.48 bits per heavy atom. The first-order valence-corrected chi connectivity index (χ1v) is 7.00. The lowest BCUT2D eigenvalue weighted by Crippen LogP contribution is -2.41. The van der Waals surface area contributed by atoms with Gasteiger partial charge in [0.25, 0.3) is 0 Å². The molecule has 6 heteroatoms. The molecule has 0 aliphatic heterocycles. The van der Waals surface area contributed by atoms with Crippen LogP contribution in [0.15, 0.2) is 6.20 Å². The van der Waals surface area contributed by atoms with Crippen LogP contribution >= 0.6 is 0 Å². The molecular formula is C15H22N4O2. The average Bonchev–Trinajstić information content (AvgIpc) is 2.72. The number of carbonyl (C=O) groups is 1. The maximum Gasteiger partial charge on any atom is 0.339 e. The molecule has 21 heavy (non-hydrogen) atoms. The van der Waals surface area contributed by atoms with Crippen LogP contribution in [0.25, 0.3) is 11.0 Å². The van der Waals surface area contributed by atoms with Crippen LogP contribution in [0.3, 0.4) is 0 Å². The van der Waals surface area contributed by atoms with Gasteiger partial charge in [0.2, 0.25) is 0 Å². The first-order valence-electron chi connectivity index (χ1n) is 7.00. The van der Waals surface area contributed by atoms with Crippen molar-refractivity contribution in [1.29, 1.82) is 0 Å². The quantitative estimate of drug-likeness (QED) is 0.937. The van der Waals surface area contributed by atoms with Crippen molar-refractivity contribution in [3.05, 3.63) is 17.5 Å². The summed E-state index contributed by atoms with van der Waals surface area (Å²) in [6.07, 6.45) is 2.31. The van der Waals surface area contributed by atoms with Crippen molar-refractivity contribution in [3.8, 4) is 0 Å². The van der Waals surface area contributed by atoms with Crippen LogP contribution in [0.4, 0.5) is 5.69 Å². The number of aromatic carboxylic acids is 1. The molecule has 0 aromatic carbocycles. The van der Waals surface area contributed by atoms with Crippen LogP contribution in [0.1, 0.15) is 43.2 Å². The number of nitrogens with zero attached hydrogens (tertiary/aromatic N) is 4. The summed E-state index contributed by atoms with van der Waals surface area (Å²) in [5, 5.41) is 14.7. The highest BCUT2D eigenvalue weighted by Crippen LogP contribution is 2.35. The Labute approximate surface area is 124 Å². The van der Waals surface area contributed by atoms with Gasteiger partial charge < -0.3 is 10.0 Å². The topological polar surface area (TPSA) is 71.2 Å². The summed E-state index contributed by atoms with van der Waals surface area (Å²) in [4.78, 5) is 17.9. The van der Waals surface area contributed by atoms with E-state index in [0.717, 1.165) is 17.5 Å². The van der Waals surface area contributed by atoms with E-state index in [2.05, 4.69) is 30.9 Å². The molecule has 2 aromatic heterocycles. The SMILES string of the molecule is CCC(C)(C)N(C)c1c(C(=O)O)cnc2c1c(C)nn2C. The van der Waals surface area contributed by atoms with E-state index in [0.29, 0.717) is 11.3 Å². The molecule has 0 saturated carbocycles. The minimum Gasteiger partial charge on any atom is -0.478 e. The molecule has 0 unspecified atom stereocenters. The molecule has 0 atom stereocenters. The van der Waals surface area contributed by atoms with Crippen LogP contribution in [0.5, 0.6) is 0 Å². The molecule has 0 fully saturated rings. The van der Waals surface area contributed by atoms with Crippen LogP contribution in [-0.4, -0.2) is 38.4 Å². The predicted octanol–water partition coefficient (Wildman–Crippen LogP) is 2.60. The molecule has 0 spiro atoms. The largest absolute Gasteiger partial charge is 0.478 e. The Balaban J connectivity index is 2.85. The minimum absolute atomic E-state index is 0.166. The van der Waals surface area contributed by atoms with Crippen molar-refractivity contribution in [2.24, 2.45) is 7.05 Å². The number of rotatable bonds is 4. The molecule has 2 rings (SSSR count). The standard InChI is InChI=1S/C15H22N4O2/c1-7-15(3,4)18(5)12-10(14(20)21)8-16-13-11(12)9(2)17-19(13)6/h8H,7H2,1-6H3,(H,20,21). The van der Waals surface area contributed by atoms with E-state index < -0.39 is 5.97 Å². The summed E-state index contributed by atoms with van der Waals surface area (Å²) >= 11 is 0. The van der Waals surface area contributed by atoms with Gasteiger partial charge in [0.15, 0.2) is 5.65 Å².